The molecule has 226 valence electrons. The van der Waals surface area contributed by atoms with E-state index in [4.69, 9.17) is 20.4 Å². The number of hydrogen-bond donors (Lipinski definition) is 0. The zero-order chi connectivity index (χ0) is 27.9. The SMILES string of the molecule is CCC[CH2][Sn]([CH2]CCC)([CH2]CCC)[O][C@@H]1[C@@H]2OC[C@H]1O[C@H](OC)[C@@H]2[O][Sn]([CH2]CCC)([CH2]CCC)[CH2]CCC. The topological polar surface area (TPSA) is 46.2 Å². The van der Waals surface area contributed by atoms with E-state index in [1.54, 1.807) is 7.11 Å². The Morgan fingerprint density at radius 3 is 1.29 bits per heavy atom. The van der Waals surface area contributed by atoms with Crippen LogP contribution in [0.25, 0.3) is 0 Å². The van der Waals surface area contributed by atoms with Crippen LogP contribution < -0.4 is 0 Å². The molecule has 0 aromatic rings. The molecule has 0 aliphatic carbocycles. The van der Waals surface area contributed by atoms with Gasteiger partial charge in [-0.1, -0.05) is 0 Å². The summed E-state index contributed by atoms with van der Waals surface area (Å²) in [7, 11) is 1.79. The summed E-state index contributed by atoms with van der Waals surface area (Å²) in [5, 5.41) is 0. The Balaban J connectivity index is 2.36. The quantitative estimate of drug-likeness (QED) is 0.0975. The van der Waals surface area contributed by atoms with Crippen molar-refractivity contribution >= 4 is 37.6 Å². The van der Waals surface area contributed by atoms with Crippen LogP contribution in [0.5, 0.6) is 0 Å². The van der Waals surface area contributed by atoms with E-state index in [1.807, 2.05) is 0 Å². The monoisotopic (exact) mass is 756 g/mol. The molecule has 0 amide bonds. The van der Waals surface area contributed by atoms with Crippen LogP contribution in [0.15, 0.2) is 0 Å². The molecule has 0 saturated carbocycles. The second-order valence-electron chi connectivity index (χ2n) is 12.2. The zero-order valence-corrected chi connectivity index (χ0v) is 32.1. The van der Waals surface area contributed by atoms with Gasteiger partial charge in [-0.2, -0.15) is 0 Å². The van der Waals surface area contributed by atoms with Gasteiger partial charge < -0.3 is 0 Å². The summed E-state index contributed by atoms with van der Waals surface area (Å²) >= 11 is -5.76. The second kappa shape index (κ2) is 19.6. The molecule has 0 N–H and O–H groups in total. The van der Waals surface area contributed by atoms with Gasteiger partial charge in [0.2, 0.25) is 0 Å². The second-order valence-corrected chi connectivity index (χ2v) is 35.6. The molecular weight excluding hydrogens is 690 g/mol. The van der Waals surface area contributed by atoms with Gasteiger partial charge in [0.05, 0.1) is 0 Å². The Labute approximate surface area is 246 Å². The molecule has 2 bridgehead atoms. The van der Waals surface area contributed by atoms with Crippen molar-refractivity contribution in [3.8, 4) is 0 Å². The van der Waals surface area contributed by atoms with Gasteiger partial charge in [-0.05, 0) is 0 Å². The standard InChI is InChI=1S/C7H10O5.6C4H9.2Sn/c1-10-7-5(9)6-4(8)3(12-7)2-11-6;6*1-3-4-2;;/h3-7H,2H2,1H3;6*1,3-4H2,2H3;;/q-2;;;;;;;2*+1/t3-,4+,5-,6+,7+;;;;;;;;/m1......../s1. The molecule has 38 heavy (non-hydrogen) atoms. The van der Waals surface area contributed by atoms with Crippen LogP contribution >= 0.6 is 0 Å². The van der Waals surface area contributed by atoms with Crippen LogP contribution in [0, 0.1) is 0 Å². The average molecular weight is 754 g/mol. The van der Waals surface area contributed by atoms with Crippen LogP contribution in [0.4, 0.5) is 0 Å². The van der Waals surface area contributed by atoms with Crippen LogP contribution in [-0.4, -0.2) is 82.0 Å². The number of methoxy groups -OCH3 is 1. The van der Waals surface area contributed by atoms with E-state index in [2.05, 4.69) is 41.5 Å². The number of unbranched alkanes of at least 4 members (excludes halogenated alkanes) is 6. The van der Waals surface area contributed by atoms with Crippen molar-refractivity contribution in [3.63, 3.8) is 0 Å². The number of hydrogen-bond acceptors (Lipinski definition) is 5. The number of ether oxygens (including phenoxy) is 3. The van der Waals surface area contributed by atoms with Crippen molar-refractivity contribution in [2.45, 2.75) is 176 Å². The molecule has 2 fully saturated rings. The molecule has 5 nitrogen and oxygen atoms in total. The van der Waals surface area contributed by atoms with Crippen molar-refractivity contribution in [3.05, 3.63) is 0 Å². The molecule has 7 heteroatoms. The van der Waals surface area contributed by atoms with E-state index >= 15 is 0 Å². The average Bonchev–Trinajstić information content (AvgIpc) is 3.22. The van der Waals surface area contributed by atoms with Crippen molar-refractivity contribution in [1.29, 1.82) is 0 Å². The molecule has 0 unspecified atom stereocenters. The van der Waals surface area contributed by atoms with E-state index in [9.17, 15) is 0 Å². The third-order valence-electron chi connectivity index (χ3n) is 8.96. The first-order valence-corrected chi connectivity index (χ1v) is 31.1. The van der Waals surface area contributed by atoms with E-state index in [0.717, 1.165) is 0 Å². The van der Waals surface area contributed by atoms with Crippen molar-refractivity contribution in [2.75, 3.05) is 13.7 Å². The number of fused-ring (bicyclic) bond motifs is 2. The van der Waals surface area contributed by atoms with Gasteiger partial charge in [-0.25, -0.2) is 0 Å². The third-order valence-corrected chi connectivity index (χ3v) is 35.0. The normalized spacial score (nSPS) is 25.8. The summed E-state index contributed by atoms with van der Waals surface area (Å²) in [6.45, 7) is 14.6. The zero-order valence-electron chi connectivity index (χ0n) is 26.4. The summed E-state index contributed by atoms with van der Waals surface area (Å²) in [6.07, 6.45) is 14.8. The fourth-order valence-electron chi connectivity index (χ4n) is 6.54. The van der Waals surface area contributed by atoms with Gasteiger partial charge in [0.1, 0.15) is 0 Å². The van der Waals surface area contributed by atoms with E-state index in [0.29, 0.717) is 6.61 Å². The van der Waals surface area contributed by atoms with E-state index in [-0.39, 0.29) is 30.7 Å². The predicted molar refractivity (Wildman–Crippen MR) is 165 cm³/mol. The van der Waals surface area contributed by atoms with Gasteiger partial charge in [-0.3, -0.25) is 0 Å². The van der Waals surface area contributed by atoms with E-state index < -0.39 is 37.6 Å². The molecule has 2 saturated heterocycles. The first kappa shape index (κ1) is 35.6. The molecule has 5 atom stereocenters. The molecule has 0 aromatic heterocycles. The Morgan fingerprint density at radius 1 is 0.579 bits per heavy atom. The molecule has 2 rings (SSSR count). The molecule has 2 aliphatic rings. The Bertz CT molecular complexity index is 563. The third kappa shape index (κ3) is 10.6. The van der Waals surface area contributed by atoms with Crippen LogP contribution in [0.2, 0.25) is 26.6 Å². The fourth-order valence-corrected chi connectivity index (χ4v) is 34.7. The van der Waals surface area contributed by atoms with Crippen LogP contribution in [0.1, 0.15) is 119 Å². The van der Waals surface area contributed by atoms with Crippen LogP contribution in [0.3, 0.4) is 0 Å². The first-order valence-electron chi connectivity index (χ1n) is 16.6. The molecule has 2 heterocycles. The van der Waals surface area contributed by atoms with Gasteiger partial charge >= 0.3 is 248 Å². The summed E-state index contributed by atoms with van der Waals surface area (Å²) in [6, 6.07) is 0. The Hall–Kier alpha value is 1.40. The molecule has 0 spiro atoms. The van der Waals surface area contributed by atoms with Gasteiger partial charge in [0, 0.05) is 0 Å². The summed E-state index contributed by atoms with van der Waals surface area (Å²) < 4.78 is 42.1. The molecule has 2 aliphatic heterocycles. The van der Waals surface area contributed by atoms with Gasteiger partial charge in [0.15, 0.2) is 0 Å². The minimum atomic E-state index is -2.91. The first-order chi connectivity index (χ1) is 18.5. The van der Waals surface area contributed by atoms with Crippen molar-refractivity contribution in [1.82, 2.24) is 0 Å². The molecule has 0 aromatic carbocycles. The van der Waals surface area contributed by atoms with E-state index in [1.165, 1.54) is 104 Å². The fraction of sp³-hybridized carbons (Fsp3) is 1.00. The number of rotatable bonds is 23. The molecule has 0 radical (unpaired) electrons. The maximum absolute atomic E-state index is 7.50. The summed E-state index contributed by atoms with van der Waals surface area (Å²) in [5.74, 6) is 0. The van der Waals surface area contributed by atoms with Crippen molar-refractivity contribution in [2.24, 2.45) is 0 Å². The van der Waals surface area contributed by atoms with Gasteiger partial charge in [0.25, 0.3) is 0 Å². The van der Waals surface area contributed by atoms with Crippen molar-refractivity contribution < 1.29 is 20.4 Å². The molecular formula is C31H64O5Sn2. The predicted octanol–water partition coefficient (Wildman–Crippen LogP) is 9.22. The van der Waals surface area contributed by atoms with Crippen LogP contribution in [-0.2, 0) is 20.4 Å². The summed E-state index contributed by atoms with van der Waals surface area (Å²) in [4.78, 5) is 0. The Morgan fingerprint density at radius 2 is 0.947 bits per heavy atom. The maximum atomic E-state index is 7.50. The summed E-state index contributed by atoms with van der Waals surface area (Å²) in [5.41, 5.74) is 0. The Kier molecular flexibility index (Phi) is 18.3. The van der Waals surface area contributed by atoms with Gasteiger partial charge in [-0.15, -0.1) is 0 Å². The minimum absolute atomic E-state index is 0.0164.